The number of ether oxygens (including phenoxy) is 3. The van der Waals surface area contributed by atoms with Crippen molar-refractivity contribution in [2.24, 2.45) is 49.9 Å². The molecule has 147 heavy (non-hydrogen) atoms. The van der Waals surface area contributed by atoms with Crippen molar-refractivity contribution >= 4 is 322 Å². The van der Waals surface area contributed by atoms with Crippen LogP contribution in [0.25, 0.3) is 48.6 Å². The van der Waals surface area contributed by atoms with E-state index in [0.717, 1.165) is 101 Å². The predicted molar refractivity (Wildman–Crippen MR) is 565 cm³/mol. The van der Waals surface area contributed by atoms with Crippen molar-refractivity contribution in [2.45, 2.75) is 122 Å². The molecule has 4 N–H and O–H groups in total. The number of imide groups is 1. The summed E-state index contributed by atoms with van der Waals surface area (Å²) in [6.45, 7) is 0. The van der Waals surface area contributed by atoms with Gasteiger partial charge < -0.3 is 28.2 Å². The first-order valence-corrected chi connectivity index (χ1v) is 50.3. The number of isothiocyanates is 6. The van der Waals surface area contributed by atoms with Gasteiger partial charge in [-0.1, -0.05) is 141 Å². The molecule has 2 aliphatic rings. The van der Waals surface area contributed by atoms with Gasteiger partial charge in [-0.25, -0.2) is 40.8 Å². The predicted octanol–water partition coefficient (Wildman–Crippen LogP) is 20.7. The molecule has 0 radical (unpaired) electrons. The van der Waals surface area contributed by atoms with Gasteiger partial charge >= 0.3 is 11.9 Å². The number of aliphatic imine (C=N–C) groups is 10. The number of nitrogens with zero attached hydrogens (tertiary/aromatic N) is 11. The van der Waals surface area contributed by atoms with E-state index in [1.54, 1.807) is 48.5 Å². The lowest BCUT2D eigenvalue weighted by Gasteiger charge is -2.12. The molecule has 0 aromatic heterocycles. The number of ketones is 2. The second-order valence-corrected chi connectivity index (χ2v) is 35.6. The first-order valence-electron chi connectivity index (χ1n) is 42.2. The van der Waals surface area contributed by atoms with Crippen molar-refractivity contribution in [3.63, 3.8) is 0 Å². The Morgan fingerprint density at radius 3 is 0.850 bits per heavy atom. The minimum Gasteiger partial charge on any atom is -0.744 e. The highest BCUT2D eigenvalue weighted by atomic mass is 32.2. The van der Waals surface area contributed by atoms with Crippen molar-refractivity contribution in [2.75, 3.05) is 14.2 Å². The number of rotatable bonds is 37. The quantitative estimate of drug-likeness (QED) is 0.00268. The van der Waals surface area contributed by atoms with Gasteiger partial charge in [0.1, 0.15) is 30.0 Å². The van der Waals surface area contributed by atoms with Gasteiger partial charge in [-0.3, -0.25) is 43.9 Å². The molecule has 1 aliphatic heterocycles. The number of Topliss-reactive ketones (excluding diaryl/α,β-unsaturated/α-hetero) is 2. The van der Waals surface area contributed by atoms with Crippen LogP contribution in [-0.4, -0.2) is 180 Å². The number of nitrogens with one attached hydrogen (secondary N) is 2. The van der Waals surface area contributed by atoms with E-state index >= 15 is 0 Å². The molecule has 1 aliphatic carbocycles. The maximum atomic E-state index is 11.6. The number of isocyanates is 4. The molecule has 2 fully saturated rings. The third-order valence-corrected chi connectivity index (χ3v) is 23.2. The summed E-state index contributed by atoms with van der Waals surface area (Å²) in [5.41, 5.74) is 8.33. The Labute approximate surface area is 874 Å². The van der Waals surface area contributed by atoms with Crippen LogP contribution in [0.15, 0.2) is 264 Å². The number of methoxy groups -OCH3 is 2. The summed E-state index contributed by atoms with van der Waals surface area (Å²) < 4.78 is 148. The van der Waals surface area contributed by atoms with Gasteiger partial charge in [0, 0.05) is 51.4 Å². The Balaban J connectivity index is 0.000000307. The lowest BCUT2D eigenvalue weighted by Crippen LogP contribution is -2.31. The van der Waals surface area contributed by atoms with Crippen LogP contribution in [0.1, 0.15) is 141 Å². The smallest absolute Gasteiger partial charge is 0.333 e. The summed E-state index contributed by atoms with van der Waals surface area (Å²) in [5.74, 6) is -2.28. The number of hydroxylamine groups is 2. The fourth-order valence-electron chi connectivity index (χ4n) is 12.0. The molecule has 9 aromatic carbocycles. The van der Waals surface area contributed by atoms with Crippen molar-refractivity contribution in [3.8, 4) is 0 Å². The minimum atomic E-state index is -4.95. The molecule has 0 unspecified atom stereocenters. The first kappa shape index (κ1) is 122. The molecule has 0 spiro atoms. The van der Waals surface area contributed by atoms with Crippen LogP contribution < -0.4 is 0 Å². The number of carbonyl (C=O) groups excluding carboxylic acids is 10. The lowest BCUT2D eigenvalue weighted by molar-refractivity contribution is -0.197. The molecule has 9 aromatic rings. The average molecular weight is 2180 g/mol. The molecule has 2 amide bonds. The first-order chi connectivity index (χ1) is 70.2. The Kier molecular flexibility index (Phi) is 53.7. The second-order valence-electron chi connectivity index (χ2n) is 29.1. The molecule has 49 heteroatoms. The largest absolute Gasteiger partial charge is 0.744 e. The van der Waals surface area contributed by atoms with Crippen LogP contribution in [0.3, 0.4) is 0 Å². The van der Waals surface area contributed by atoms with Gasteiger partial charge in [-0.15, -0.1) is 5.06 Å². The number of thiocarbonyl (C=S) groups is 6. The summed E-state index contributed by atoms with van der Waals surface area (Å²) >= 11 is 26.9. The zero-order valence-electron chi connectivity index (χ0n) is 77.0. The molecular weight excluding hydrogens is 2100 g/mol. The fraction of sp³-hybridized carbons (Fsp3) is 0.184. The van der Waals surface area contributed by atoms with Gasteiger partial charge in [0.25, 0.3) is 32.1 Å². The highest BCUT2D eigenvalue weighted by Gasteiger charge is 2.36. The number of carbonyl (C=O) groups is 6. The number of hydrogen-bond donors (Lipinski definition) is 4. The zero-order chi connectivity index (χ0) is 108. The Morgan fingerprint density at radius 2 is 0.578 bits per heavy atom. The molecular formula is C98H81N13O26S10-2. The molecule has 1 heterocycles. The summed E-state index contributed by atoms with van der Waals surface area (Å²) in [6.07, 6.45) is 23.9. The van der Waals surface area contributed by atoms with E-state index in [0.29, 0.717) is 66.8 Å². The number of amides is 2. The number of unbranched alkanes of at least 4 members (excludes halogenated alkanes) is 5. The summed E-state index contributed by atoms with van der Waals surface area (Å²) in [5, 5.41) is 28.3. The van der Waals surface area contributed by atoms with Crippen molar-refractivity contribution in [1.29, 1.82) is 10.8 Å². The average Bonchev–Trinajstić information content (AvgIpc) is 1.79. The monoisotopic (exact) mass is 2180 g/mol. The molecule has 1 saturated heterocycles. The Bertz CT molecular complexity index is 6660. The molecule has 0 bridgehead atoms. The van der Waals surface area contributed by atoms with Gasteiger partial charge in [0.05, 0.1) is 112 Å². The molecule has 0 atom stereocenters. The van der Waals surface area contributed by atoms with Crippen LogP contribution in [-0.2, 0) is 107 Å². The molecule has 11 rings (SSSR count). The summed E-state index contributed by atoms with van der Waals surface area (Å²) in [7, 11) is -16.1. The maximum Gasteiger partial charge on any atom is 0.333 e. The van der Waals surface area contributed by atoms with Crippen molar-refractivity contribution in [3.05, 3.63) is 239 Å². The van der Waals surface area contributed by atoms with Crippen LogP contribution in [0.4, 0.5) is 56.9 Å². The van der Waals surface area contributed by atoms with E-state index in [-0.39, 0.29) is 95.1 Å². The zero-order valence-corrected chi connectivity index (χ0v) is 85.1. The van der Waals surface area contributed by atoms with Crippen molar-refractivity contribution in [1.82, 2.24) is 5.06 Å². The number of esters is 1. The van der Waals surface area contributed by atoms with Crippen LogP contribution in [0.5, 0.6) is 0 Å². The minimum absolute atomic E-state index is 0.0133. The molecule has 756 valence electrons. The van der Waals surface area contributed by atoms with Crippen LogP contribution in [0, 0.1) is 10.8 Å². The van der Waals surface area contributed by atoms with Crippen LogP contribution in [0.2, 0.25) is 0 Å². The van der Waals surface area contributed by atoms with Crippen molar-refractivity contribution < 1.29 is 119 Å². The van der Waals surface area contributed by atoms with E-state index in [9.17, 15) is 99.8 Å². The highest BCUT2D eigenvalue weighted by molar-refractivity contribution is 7.86. The van der Waals surface area contributed by atoms with Gasteiger partial charge in [-0.2, -0.15) is 66.8 Å². The van der Waals surface area contributed by atoms with E-state index in [1.165, 1.54) is 99.2 Å². The standard InChI is InChI=1S/C17H21NO8.C16H10N2O8S2.C16H10N2O6S4.C16H10N2O2.C16H10N2S2.C9H18N2O2.C8H4N2S2/c19-11-7-8-12(20)17(11)25-15(23)5-3-1-2-4-6-16(24)26-18-13(21)9-10-14(18)22;19-9-17-13-5-3-11(15(7-13)27(21,22)23)1-2-12-4-6-14(18-10-20)8-16(12)28(24,25)26;19-27(20,21)15-7-13(17-9-25)5-3-11(15)1-2-12-4-6-14(18-10-26)8-16(12)28(22,23)24;2*19-11-17-15-7-3-13(4-8-15)1-2-14-5-9-16(10-6-14)18-12-20;1-12-8(10)6-4-3-5-7-9(11)13-2;11-5-9-7-1-2-8(4-3-7)10-6-12/h17H,1-10H2;1-8H,(H,21,22,23)(H,24,25,26);1-8H,(H,19,20,21)(H,22,23,24);2*1-10H;10-11H,3-7H2,1-2H3;1-4H/p-2/b;4*2-1+;;. The molecule has 39 nitrogen and oxygen atoms in total. The summed E-state index contributed by atoms with van der Waals surface area (Å²) in [4.78, 5) is 148. The van der Waals surface area contributed by atoms with Crippen LogP contribution >= 0.6 is 73.3 Å². The maximum absolute atomic E-state index is 11.6. The second kappa shape index (κ2) is 64.8. The van der Waals surface area contributed by atoms with Gasteiger partial charge in [0.15, 0.2) is 23.4 Å². The fourth-order valence-corrected chi connectivity index (χ4v) is 15.4. The molecule has 1 saturated carbocycles. The number of hydrogen-bond acceptors (Lipinski definition) is 42. The Hall–Kier alpha value is -15.7. The van der Waals surface area contributed by atoms with E-state index in [2.05, 4.69) is 154 Å². The van der Waals surface area contributed by atoms with Gasteiger partial charge in [0.2, 0.25) is 30.4 Å². The third-order valence-electron chi connectivity index (χ3n) is 19.0. The van der Waals surface area contributed by atoms with E-state index in [4.69, 9.17) is 29.9 Å². The number of benzene rings is 9. The SMILES string of the molecule is COC(=N)CCCCCC(=N)OC.O=C(CCCCCCC(=O)ON1C(=O)CCC1=O)OC1C(=O)CCC1=O.O=C=Nc1ccc(/C=C/c2ccc(N=C=O)cc2)cc1.O=C=Nc1ccc(/C=C/c2ccc(N=C=O)cc2S(=O)(=O)O)c(S(=O)(=O)[O-])c1.O=S(=O)([O-])c1cc(N=C=S)ccc1/C=C/c1ccc(N=C=S)cc1S(=O)(=O)O.S=C=Nc1ccc(/C=C/c2ccc(N=C=S)cc2)cc1.S=C=Nc1ccc(N=C=S)cc1. The van der Waals surface area contributed by atoms with E-state index < -0.39 is 89.9 Å². The normalized spacial score (nSPS) is 11.8. The Morgan fingerprint density at radius 1 is 0.347 bits per heavy atom. The van der Waals surface area contributed by atoms with Gasteiger partial charge in [-0.05, 0) is 265 Å². The summed E-state index contributed by atoms with van der Waals surface area (Å²) in [6, 6.07) is 51.2. The highest BCUT2D eigenvalue weighted by Crippen LogP contribution is 2.32. The third kappa shape index (κ3) is 46.2. The van der Waals surface area contributed by atoms with E-state index in [1.807, 2.05) is 97.1 Å². The topological polar surface area (TPSA) is 605 Å². The lowest BCUT2D eigenvalue weighted by atomic mass is 10.1.